The minimum Gasteiger partial charge on any atom is -0.508 e. The number of aromatic nitrogens is 2. The summed E-state index contributed by atoms with van der Waals surface area (Å²) in [4.78, 5) is 3.92. The lowest BCUT2D eigenvalue weighted by Crippen LogP contribution is -1.87. The van der Waals surface area contributed by atoms with E-state index in [9.17, 15) is 0 Å². The van der Waals surface area contributed by atoms with Crippen LogP contribution < -0.4 is 0 Å². The highest BCUT2D eigenvalue weighted by Crippen LogP contribution is 2.12. The lowest BCUT2D eigenvalue weighted by atomic mass is 10.3. The second-order valence-electron chi connectivity index (χ2n) is 3.17. The highest BCUT2D eigenvalue weighted by atomic mass is 127. The van der Waals surface area contributed by atoms with Gasteiger partial charge in [0.25, 0.3) is 0 Å². The molecule has 4 nitrogen and oxygen atoms in total. The normalized spacial score (nSPS) is 9.53. The van der Waals surface area contributed by atoms with Crippen molar-refractivity contribution in [3.05, 3.63) is 43.0 Å². The van der Waals surface area contributed by atoms with E-state index in [0.717, 1.165) is 16.7 Å². The number of rotatable bonds is 3. The molecule has 17 heavy (non-hydrogen) atoms. The number of imidazole rings is 1. The Morgan fingerprint density at radius 3 is 2.47 bits per heavy atom. The van der Waals surface area contributed by atoms with Gasteiger partial charge in [-0.05, 0) is 24.3 Å². The Morgan fingerprint density at radius 2 is 2.06 bits per heavy atom. The number of phenolic OH excluding ortho intramolecular Hbond substituents is 1. The maximum atomic E-state index is 9.03. The van der Waals surface area contributed by atoms with E-state index in [2.05, 4.69) is 32.3 Å². The van der Waals surface area contributed by atoms with Crippen molar-refractivity contribution in [3.8, 4) is 11.4 Å². The van der Waals surface area contributed by atoms with E-state index in [1.165, 1.54) is 0 Å². The number of aromatic hydroxyl groups is 1. The van der Waals surface area contributed by atoms with Crippen LogP contribution in [0.4, 0.5) is 0 Å². The summed E-state index contributed by atoms with van der Waals surface area (Å²) in [5.41, 5.74) is 0.991. The zero-order valence-corrected chi connectivity index (χ0v) is 11.7. The molecule has 0 aliphatic heterocycles. The molecule has 0 aliphatic rings. The van der Waals surface area contributed by atoms with Gasteiger partial charge in [-0.25, -0.2) is 4.98 Å². The van der Waals surface area contributed by atoms with E-state index in [-0.39, 0.29) is 5.75 Å². The van der Waals surface area contributed by atoms with Crippen LogP contribution in [0.25, 0.3) is 5.69 Å². The molecule has 2 aromatic rings. The summed E-state index contributed by atoms with van der Waals surface area (Å²) >= 11 is 2.26. The average molecular weight is 346 g/mol. The SMILES string of the molecule is COCCI.Oc1ccc(-n2ccnc2)cc1. The van der Waals surface area contributed by atoms with Crippen LogP contribution in [-0.2, 0) is 4.74 Å². The zero-order chi connectivity index (χ0) is 12.5. The topological polar surface area (TPSA) is 47.3 Å². The van der Waals surface area contributed by atoms with Crippen molar-refractivity contribution in [2.24, 2.45) is 0 Å². The highest BCUT2D eigenvalue weighted by molar-refractivity contribution is 14.1. The lowest BCUT2D eigenvalue weighted by Gasteiger charge is -2.00. The number of ether oxygens (including phenoxy) is 1. The molecule has 0 saturated carbocycles. The molecular weight excluding hydrogens is 331 g/mol. The lowest BCUT2D eigenvalue weighted by molar-refractivity contribution is 0.220. The summed E-state index contributed by atoms with van der Waals surface area (Å²) < 4.78 is 7.65. The van der Waals surface area contributed by atoms with Crippen molar-refractivity contribution in [3.63, 3.8) is 0 Å². The number of hydrogen-bond acceptors (Lipinski definition) is 3. The monoisotopic (exact) mass is 346 g/mol. The maximum Gasteiger partial charge on any atom is 0.115 e. The number of alkyl halides is 1. The van der Waals surface area contributed by atoms with E-state index in [1.807, 2.05) is 22.9 Å². The Hall–Kier alpha value is -1.08. The van der Waals surface area contributed by atoms with Gasteiger partial charge in [0, 0.05) is 29.6 Å². The Morgan fingerprint density at radius 1 is 1.35 bits per heavy atom. The van der Waals surface area contributed by atoms with Crippen LogP contribution in [0.15, 0.2) is 43.0 Å². The van der Waals surface area contributed by atoms with E-state index < -0.39 is 0 Å². The van der Waals surface area contributed by atoms with Crippen molar-refractivity contribution in [2.75, 3.05) is 18.1 Å². The third-order valence-electron chi connectivity index (χ3n) is 1.93. The van der Waals surface area contributed by atoms with Crippen LogP contribution in [0.3, 0.4) is 0 Å². The largest absolute Gasteiger partial charge is 0.508 e. The standard InChI is InChI=1S/C9H8N2O.C3H7IO/c12-9-3-1-8(2-4-9)11-6-5-10-7-11;1-5-3-2-4/h1-7,12H;2-3H2,1H3. The van der Waals surface area contributed by atoms with Gasteiger partial charge in [0.2, 0.25) is 0 Å². The molecule has 0 spiro atoms. The first kappa shape index (κ1) is 14.0. The summed E-state index contributed by atoms with van der Waals surface area (Å²) in [7, 11) is 1.71. The molecule has 0 aliphatic carbocycles. The molecular formula is C12H15IN2O2. The molecule has 0 radical (unpaired) electrons. The predicted molar refractivity (Wildman–Crippen MR) is 76.0 cm³/mol. The van der Waals surface area contributed by atoms with Crippen molar-refractivity contribution in [1.82, 2.24) is 9.55 Å². The molecule has 1 heterocycles. The molecule has 2 rings (SSSR count). The zero-order valence-electron chi connectivity index (χ0n) is 9.58. The van der Waals surface area contributed by atoms with Gasteiger partial charge >= 0.3 is 0 Å². The number of phenols is 1. The fourth-order valence-corrected chi connectivity index (χ4v) is 1.55. The molecule has 1 aromatic carbocycles. The van der Waals surface area contributed by atoms with Gasteiger partial charge in [-0.1, -0.05) is 22.6 Å². The first-order valence-electron chi connectivity index (χ1n) is 5.10. The van der Waals surface area contributed by atoms with Crippen LogP contribution in [-0.4, -0.2) is 32.8 Å². The maximum absolute atomic E-state index is 9.03. The van der Waals surface area contributed by atoms with Crippen molar-refractivity contribution < 1.29 is 9.84 Å². The molecule has 5 heteroatoms. The quantitative estimate of drug-likeness (QED) is 0.687. The van der Waals surface area contributed by atoms with Gasteiger partial charge in [-0.15, -0.1) is 0 Å². The molecule has 0 fully saturated rings. The van der Waals surface area contributed by atoms with Crippen LogP contribution in [0.5, 0.6) is 5.75 Å². The molecule has 92 valence electrons. The minimum atomic E-state index is 0.277. The Balaban J connectivity index is 0.000000249. The smallest absolute Gasteiger partial charge is 0.115 e. The molecule has 1 N–H and O–H groups in total. The van der Waals surface area contributed by atoms with Crippen LogP contribution in [0, 0.1) is 0 Å². The fourth-order valence-electron chi connectivity index (χ4n) is 1.11. The highest BCUT2D eigenvalue weighted by Gasteiger charge is 1.93. The Kier molecular flexibility index (Phi) is 6.64. The number of halogens is 1. The van der Waals surface area contributed by atoms with Crippen LogP contribution in [0.1, 0.15) is 0 Å². The van der Waals surface area contributed by atoms with Crippen molar-refractivity contribution in [2.45, 2.75) is 0 Å². The van der Waals surface area contributed by atoms with E-state index in [1.54, 1.807) is 31.8 Å². The summed E-state index contributed by atoms with van der Waals surface area (Å²) in [6.07, 6.45) is 5.28. The van der Waals surface area contributed by atoms with Gasteiger partial charge in [0.15, 0.2) is 0 Å². The van der Waals surface area contributed by atoms with Gasteiger partial charge in [-0.2, -0.15) is 0 Å². The molecule has 1 aromatic heterocycles. The molecule has 0 atom stereocenters. The number of nitrogens with zero attached hydrogens (tertiary/aromatic N) is 2. The van der Waals surface area contributed by atoms with Gasteiger partial charge in [0.05, 0.1) is 12.9 Å². The second-order valence-corrected chi connectivity index (χ2v) is 4.25. The molecule has 0 saturated heterocycles. The number of benzene rings is 1. The van der Waals surface area contributed by atoms with Gasteiger partial charge < -0.3 is 14.4 Å². The van der Waals surface area contributed by atoms with Crippen molar-refractivity contribution >= 4 is 22.6 Å². The fraction of sp³-hybridized carbons (Fsp3) is 0.250. The van der Waals surface area contributed by atoms with Crippen LogP contribution in [0.2, 0.25) is 0 Å². The third-order valence-corrected chi connectivity index (χ3v) is 2.37. The van der Waals surface area contributed by atoms with E-state index in [0.29, 0.717) is 0 Å². The first-order chi connectivity index (χ1) is 8.27. The van der Waals surface area contributed by atoms with Gasteiger partial charge in [0.1, 0.15) is 5.75 Å². The van der Waals surface area contributed by atoms with Crippen LogP contribution >= 0.6 is 22.6 Å². The molecule has 0 unspecified atom stereocenters. The first-order valence-corrected chi connectivity index (χ1v) is 6.62. The Bertz CT molecular complexity index is 399. The predicted octanol–water partition coefficient (Wildman–Crippen LogP) is 2.65. The summed E-state index contributed by atoms with van der Waals surface area (Å²) in [5.74, 6) is 0.277. The van der Waals surface area contributed by atoms with Crippen molar-refractivity contribution in [1.29, 1.82) is 0 Å². The minimum absolute atomic E-state index is 0.277. The second kappa shape index (κ2) is 8.08. The number of hydrogen-bond donors (Lipinski definition) is 1. The third kappa shape index (κ3) is 5.18. The van der Waals surface area contributed by atoms with Gasteiger partial charge in [-0.3, -0.25) is 0 Å². The number of methoxy groups -OCH3 is 1. The van der Waals surface area contributed by atoms with E-state index >= 15 is 0 Å². The average Bonchev–Trinajstić information content (AvgIpc) is 2.85. The summed E-state index contributed by atoms with van der Waals surface area (Å²) in [5, 5.41) is 9.03. The molecule has 0 bridgehead atoms. The summed E-state index contributed by atoms with van der Waals surface area (Å²) in [6.45, 7) is 0.876. The molecule has 0 amide bonds. The summed E-state index contributed by atoms with van der Waals surface area (Å²) in [6, 6.07) is 6.96. The van der Waals surface area contributed by atoms with E-state index in [4.69, 9.17) is 5.11 Å². The Labute approximate surface area is 114 Å².